The van der Waals surface area contributed by atoms with Crippen LogP contribution in [-0.4, -0.2) is 118 Å². The molecular formula is C38H54ClN5O6. The molecule has 0 aromatic heterocycles. The Morgan fingerprint density at radius 2 is 1.60 bits per heavy atom. The third kappa shape index (κ3) is 9.41. The number of piperidine rings is 3. The summed E-state index contributed by atoms with van der Waals surface area (Å²) in [7, 11) is 1.40. The molecule has 0 radical (unpaired) electrons. The van der Waals surface area contributed by atoms with Crippen LogP contribution in [-0.2, 0) is 22.4 Å². The predicted molar refractivity (Wildman–Crippen MR) is 195 cm³/mol. The van der Waals surface area contributed by atoms with Crippen LogP contribution < -0.4 is 5.32 Å². The number of amides is 4. The van der Waals surface area contributed by atoms with Gasteiger partial charge in [0.2, 0.25) is 5.91 Å². The van der Waals surface area contributed by atoms with Gasteiger partial charge in [-0.25, -0.2) is 9.59 Å². The first-order valence-electron chi connectivity index (χ1n) is 18.2. The van der Waals surface area contributed by atoms with Crippen molar-refractivity contribution in [1.82, 2.24) is 19.6 Å². The Labute approximate surface area is 301 Å². The van der Waals surface area contributed by atoms with Crippen LogP contribution in [0.2, 0.25) is 5.02 Å². The van der Waals surface area contributed by atoms with Crippen molar-refractivity contribution < 1.29 is 29.3 Å². The van der Waals surface area contributed by atoms with Crippen LogP contribution >= 0.6 is 11.6 Å². The second-order valence-electron chi connectivity index (χ2n) is 14.3. The van der Waals surface area contributed by atoms with Crippen LogP contribution in [0.4, 0.5) is 15.3 Å². The van der Waals surface area contributed by atoms with Crippen molar-refractivity contribution >= 4 is 35.3 Å². The number of hydrogen-bond acceptors (Lipinski definition) is 7. The van der Waals surface area contributed by atoms with E-state index < -0.39 is 5.60 Å². The summed E-state index contributed by atoms with van der Waals surface area (Å²) >= 11 is 5.98. The maximum absolute atomic E-state index is 12.9. The van der Waals surface area contributed by atoms with E-state index in [9.17, 15) is 24.6 Å². The zero-order valence-corrected chi connectivity index (χ0v) is 30.5. The van der Waals surface area contributed by atoms with Gasteiger partial charge in [0.25, 0.3) is 0 Å². The van der Waals surface area contributed by atoms with E-state index in [0.717, 1.165) is 88.8 Å². The number of aromatic hydroxyl groups is 1. The van der Waals surface area contributed by atoms with Crippen LogP contribution in [0.3, 0.4) is 0 Å². The van der Waals surface area contributed by atoms with Crippen molar-refractivity contribution in [2.75, 3.05) is 58.2 Å². The maximum Gasteiger partial charge on any atom is 0.409 e. The number of phenolic OH excluding ortho intramolecular Hbond substituents is 1. The number of rotatable bonds is 6. The number of urea groups is 1. The van der Waals surface area contributed by atoms with Gasteiger partial charge in [-0.15, -0.1) is 0 Å². The second-order valence-corrected chi connectivity index (χ2v) is 14.7. The highest BCUT2D eigenvalue weighted by Crippen LogP contribution is 2.30. The van der Waals surface area contributed by atoms with Crippen molar-refractivity contribution in [3.8, 4) is 5.75 Å². The van der Waals surface area contributed by atoms with E-state index in [2.05, 4.69) is 23.2 Å². The molecule has 0 unspecified atom stereocenters. The number of nitrogens with zero attached hydrogens (tertiary/aromatic N) is 4. The first-order valence-corrected chi connectivity index (χ1v) is 18.6. The number of halogens is 1. The highest BCUT2D eigenvalue weighted by molar-refractivity contribution is 6.32. The van der Waals surface area contributed by atoms with Crippen LogP contribution in [0, 0.1) is 5.92 Å². The molecule has 274 valence electrons. The van der Waals surface area contributed by atoms with E-state index in [1.165, 1.54) is 12.7 Å². The monoisotopic (exact) mass is 711 g/mol. The first-order chi connectivity index (χ1) is 24.0. The molecule has 3 saturated heterocycles. The van der Waals surface area contributed by atoms with E-state index in [-0.39, 0.29) is 35.7 Å². The van der Waals surface area contributed by atoms with E-state index in [1.807, 2.05) is 41.0 Å². The minimum atomic E-state index is -0.472. The van der Waals surface area contributed by atoms with Gasteiger partial charge in [0.05, 0.1) is 17.7 Å². The van der Waals surface area contributed by atoms with Gasteiger partial charge < -0.3 is 39.9 Å². The number of phenols is 1. The molecule has 4 amide bonds. The third-order valence-corrected chi connectivity index (χ3v) is 11.4. The highest BCUT2D eigenvalue weighted by atomic mass is 35.5. The molecule has 50 heavy (non-hydrogen) atoms. The Kier molecular flexibility index (Phi) is 12.9. The standard InChI is InChI=1S/C22H33ClN2O3.C16H21N3O3/c1-3-22(28)8-12-24(13-9-22)18-6-10-25(11-7-18)21(27)16(2)14-17-4-5-20(26)19(23)15-17;1-22-16(21)18-9-7-13(8-10-18)19-11-6-12-4-2-3-5-14(12)17-15(19)20/h4-5,15-16,18,26,28H,3,6-14H2,1-2H3;2-5,13H,6-11H2,1H3,(H,17,20)/t16-;/m1./s1. The number of likely N-dealkylation sites (tertiary alicyclic amines) is 3. The summed E-state index contributed by atoms with van der Waals surface area (Å²) in [5, 5.41) is 23.3. The number of para-hydroxylation sites is 1. The molecule has 1 atom stereocenters. The van der Waals surface area contributed by atoms with Crippen LogP contribution in [0.15, 0.2) is 42.5 Å². The summed E-state index contributed by atoms with van der Waals surface area (Å²) in [6, 6.07) is 13.7. The lowest BCUT2D eigenvalue weighted by molar-refractivity contribution is -0.136. The largest absolute Gasteiger partial charge is 0.506 e. The number of benzene rings is 2. The zero-order chi connectivity index (χ0) is 35.8. The summed E-state index contributed by atoms with van der Waals surface area (Å²) in [5.41, 5.74) is 2.57. The van der Waals surface area contributed by atoms with Crippen molar-refractivity contribution in [2.45, 2.75) is 89.3 Å². The predicted octanol–water partition coefficient (Wildman–Crippen LogP) is 5.76. The van der Waals surface area contributed by atoms with Gasteiger partial charge in [-0.3, -0.25) is 4.79 Å². The SMILES string of the molecule is CCC1(O)CCN(C2CCN(C(=O)[C@H](C)Cc3ccc(O)c(Cl)c3)CC2)CC1.COC(=O)N1CCC(N2CCc3ccccc3NC2=O)CC1. The Morgan fingerprint density at radius 1 is 0.960 bits per heavy atom. The molecule has 4 aliphatic heterocycles. The molecule has 6 rings (SSSR count). The molecule has 0 bridgehead atoms. The van der Waals surface area contributed by atoms with E-state index in [4.69, 9.17) is 16.3 Å². The lowest BCUT2D eigenvalue weighted by Crippen LogP contribution is -2.52. The van der Waals surface area contributed by atoms with Crippen LogP contribution in [0.25, 0.3) is 0 Å². The minimum Gasteiger partial charge on any atom is -0.506 e. The smallest absolute Gasteiger partial charge is 0.409 e. The third-order valence-electron chi connectivity index (χ3n) is 11.1. The molecule has 2 aromatic carbocycles. The molecule has 2 aromatic rings. The molecule has 3 N–H and O–H groups in total. The van der Waals surface area contributed by atoms with Crippen molar-refractivity contribution in [3.63, 3.8) is 0 Å². The molecule has 3 fully saturated rings. The fourth-order valence-corrected chi connectivity index (χ4v) is 7.97. The topological polar surface area (TPSA) is 126 Å². The van der Waals surface area contributed by atoms with E-state index >= 15 is 0 Å². The normalized spacial score (nSPS) is 20.9. The Bertz CT molecular complexity index is 1470. The average molecular weight is 712 g/mol. The van der Waals surface area contributed by atoms with Gasteiger partial charge in [0, 0.05) is 69.5 Å². The Hall–Kier alpha value is -3.54. The maximum atomic E-state index is 12.9. The quantitative estimate of drug-likeness (QED) is 0.348. The summed E-state index contributed by atoms with van der Waals surface area (Å²) in [6.07, 6.45) is 7.33. The number of carbonyl (C=O) groups is 3. The van der Waals surface area contributed by atoms with E-state index in [1.54, 1.807) is 17.0 Å². The van der Waals surface area contributed by atoms with Crippen LogP contribution in [0.5, 0.6) is 5.75 Å². The van der Waals surface area contributed by atoms with Gasteiger partial charge in [-0.1, -0.05) is 49.7 Å². The highest BCUT2D eigenvalue weighted by Gasteiger charge is 2.35. The number of fused-ring (bicyclic) bond motifs is 1. The Balaban J connectivity index is 0.000000200. The first kappa shape index (κ1) is 37.7. The Morgan fingerprint density at radius 3 is 2.24 bits per heavy atom. The van der Waals surface area contributed by atoms with Crippen molar-refractivity contribution in [2.24, 2.45) is 5.92 Å². The van der Waals surface area contributed by atoms with E-state index in [0.29, 0.717) is 37.1 Å². The minimum absolute atomic E-state index is 0.0403. The summed E-state index contributed by atoms with van der Waals surface area (Å²) < 4.78 is 4.75. The molecule has 0 saturated carbocycles. The lowest BCUT2D eigenvalue weighted by Gasteiger charge is -2.44. The fourth-order valence-electron chi connectivity index (χ4n) is 7.77. The fraction of sp³-hybridized carbons (Fsp3) is 0.605. The second kappa shape index (κ2) is 17.1. The molecular weight excluding hydrogens is 658 g/mol. The van der Waals surface area contributed by atoms with Crippen LogP contribution in [0.1, 0.15) is 69.9 Å². The number of ether oxygens (including phenoxy) is 1. The lowest BCUT2D eigenvalue weighted by atomic mass is 9.87. The molecule has 12 heteroatoms. The number of anilines is 1. The summed E-state index contributed by atoms with van der Waals surface area (Å²) in [4.78, 5) is 45.0. The van der Waals surface area contributed by atoms with Crippen molar-refractivity contribution in [3.05, 3.63) is 58.6 Å². The summed E-state index contributed by atoms with van der Waals surface area (Å²) in [5.74, 6) is 0.162. The van der Waals surface area contributed by atoms with Gasteiger partial charge in [-0.05, 0) is 87.1 Å². The number of carbonyl (C=O) groups excluding carboxylic acids is 3. The van der Waals surface area contributed by atoms with Gasteiger partial charge in [0.1, 0.15) is 5.75 Å². The summed E-state index contributed by atoms with van der Waals surface area (Å²) in [6.45, 7) is 9.53. The molecule has 0 spiro atoms. The molecule has 4 heterocycles. The molecule has 4 aliphatic rings. The van der Waals surface area contributed by atoms with Gasteiger partial charge in [-0.2, -0.15) is 0 Å². The number of aliphatic hydroxyl groups is 1. The average Bonchev–Trinajstić information content (AvgIpc) is 3.31. The number of hydrogen-bond donors (Lipinski definition) is 3. The number of nitrogens with one attached hydrogen (secondary N) is 1. The van der Waals surface area contributed by atoms with Gasteiger partial charge in [0.15, 0.2) is 0 Å². The molecule has 11 nitrogen and oxygen atoms in total. The van der Waals surface area contributed by atoms with Gasteiger partial charge >= 0.3 is 12.1 Å². The molecule has 0 aliphatic carbocycles. The van der Waals surface area contributed by atoms with Crippen molar-refractivity contribution in [1.29, 1.82) is 0 Å². The zero-order valence-electron chi connectivity index (χ0n) is 29.8. The number of methoxy groups -OCH3 is 1.